The Bertz CT molecular complexity index is 350. The number of carbonyl (C=O) groups is 1. The maximum atomic E-state index is 11.6. The van der Waals surface area contributed by atoms with Crippen molar-refractivity contribution in [3.63, 3.8) is 0 Å². The molecule has 0 aliphatic heterocycles. The topological polar surface area (TPSA) is 49.3 Å². The van der Waals surface area contributed by atoms with E-state index in [0.717, 1.165) is 4.47 Å². The highest BCUT2D eigenvalue weighted by molar-refractivity contribution is 9.10. The van der Waals surface area contributed by atoms with Crippen molar-refractivity contribution in [2.24, 2.45) is 0 Å². The summed E-state index contributed by atoms with van der Waals surface area (Å²) in [5.41, 5.74) is 0.467. The van der Waals surface area contributed by atoms with Gasteiger partial charge in [0.25, 0.3) is 5.91 Å². The van der Waals surface area contributed by atoms with Gasteiger partial charge in [0, 0.05) is 21.1 Å². The van der Waals surface area contributed by atoms with E-state index < -0.39 is 0 Å². The normalized spacial score (nSPS) is 12.3. The number of carbonyl (C=O) groups excluding carboxylic acids is 1. The van der Waals surface area contributed by atoms with Crippen LogP contribution in [0.5, 0.6) is 0 Å². The van der Waals surface area contributed by atoms with E-state index in [-0.39, 0.29) is 18.6 Å². The van der Waals surface area contributed by atoms with Gasteiger partial charge in [-0.3, -0.25) is 4.79 Å². The SMILES string of the molecule is C[C@H](CO)NC(=O)c1cc(Cl)cc(Br)c1. The summed E-state index contributed by atoms with van der Waals surface area (Å²) in [5.74, 6) is -0.250. The molecule has 0 aromatic heterocycles. The molecule has 82 valence electrons. The molecule has 0 saturated carbocycles. The minimum atomic E-state index is -0.268. The van der Waals surface area contributed by atoms with Crippen LogP contribution in [-0.2, 0) is 0 Å². The fourth-order valence-corrected chi connectivity index (χ4v) is 1.90. The second kappa shape index (κ2) is 5.49. The van der Waals surface area contributed by atoms with E-state index in [1.165, 1.54) is 0 Å². The number of aliphatic hydroxyl groups excluding tert-OH is 1. The number of aliphatic hydroxyl groups is 1. The molecule has 1 amide bonds. The van der Waals surface area contributed by atoms with Gasteiger partial charge in [-0.25, -0.2) is 0 Å². The first kappa shape index (κ1) is 12.5. The van der Waals surface area contributed by atoms with Crippen LogP contribution in [0, 0.1) is 0 Å². The summed E-state index contributed by atoms with van der Waals surface area (Å²) in [6, 6.07) is 4.68. The molecule has 2 N–H and O–H groups in total. The molecule has 0 bridgehead atoms. The number of hydrogen-bond acceptors (Lipinski definition) is 2. The lowest BCUT2D eigenvalue weighted by Gasteiger charge is -2.11. The number of benzene rings is 1. The number of halogens is 2. The van der Waals surface area contributed by atoms with Gasteiger partial charge in [-0.2, -0.15) is 0 Å². The Morgan fingerprint density at radius 2 is 2.27 bits per heavy atom. The molecule has 0 spiro atoms. The van der Waals surface area contributed by atoms with Gasteiger partial charge in [-0.15, -0.1) is 0 Å². The Hall–Kier alpha value is -0.580. The fourth-order valence-electron chi connectivity index (χ4n) is 1.04. The van der Waals surface area contributed by atoms with E-state index in [9.17, 15) is 4.79 Å². The average Bonchev–Trinajstić information content (AvgIpc) is 2.16. The Labute approximate surface area is 102 Å². The first-order valence-electron chi connectivity index (χ1n) is 4.40. The molecule has 1 rings (SSSR count). The third-order valence-electron chi connectivity index (χ3n) is 1.78. The second-order valence-corrected chi connectivity index (χ2v) is 4.57. The highest BCUT2D eigenvalue weighted by Gasteiger charge is 2.10. The molecule has 0 fully saturated rings. The average molecular weight is 293 g/mol. The van der Waals surface area contributed by atoms with Gasteiger partial charge < -0.3 is 10.4 Å². The first-order valence-corrected chi connectivity index (χ1v) is 5.58. The maximum Gasteiger partial charge on any atom is 0.251 e. The van der Waals surface area contributed by atoms with Crippen LogP contribution in [0.15, 0.2) is 22.7 Å². The monoisotopic (exact) mass is 291 g/mol. The van der Waals surface area contributed by atoms with Crippen LogP contribution in [-0.4, -0.2) is 23.7 Å². The fraction of sp³-hybridized carbons (Fsp3) is 0.300. The maximum absolute atomic E-state index is 11.6. The molecule has 3 nitrogen and oxygen atoms in total. The summed E-state index contributed by atoms with van der Waals surface area (Å²) in [6.07, 6.45) is 0. The van der Waals surface area contributed by atoms with Gasteiger partial charge in [0.2, 0.25) is 0 Å². The quantitative estimate of drug-likeness (QED) is 0.897. The zero-order valence-electron chi connectivity index (χ0n) is 8.13. The third kappa shape index (κ3) is 3.81. The van der Waals surface area contributed by atoms with E-state index in [1.54, 1.807) is 25.1 Å². The van der Waals surface area contributed by atoms with Crippen LogP contribution in [0.1, 0.15) is 17.3 Å². The number of nitrogens with one attached hydrogen (secondary N) is 1. The Morgan fingerprint density at radius 1 is 1.60 bits per heavy atom. The summed E-state index contributed by atoms with van der Waals surface area (Å²) in [7, 11) is 0. The lowest BCUT2D eigenvalue weighted by Crippen LogP contribution is -2.34. The van der Waals surface area contributed by atoms with E-state index in [0.29, 0.717) is 10.6 Å². The van der Waals surface area contributed by atoms with Crippen molar-refractivity contribution < 1.29 is 9.90 Å². The van der Waals surface area contributed by atoms with Gasteiger partial charge in [-0.05, 0) is 25.1 Å². The van der Waals surface area contributed by atoms with E-state index in [4.69, 9.17) is 16.7 Å². The number of amides is 1. The minimum absolute atomic E-state index is 0.0898. The van der Waals surface area contributed by atoms with Crippen molar-refractivity contribution in [3.8, 4) is 0 Å². The van der Waals surface area contributed by atoms with Crippen LogP contribution in [0.3, 0.4) is 0 Å². The molecular weight excluding hydrogens is 281 g/mol. The zero-order valence-corrected chi connectivity index (χ0v) is 10.5. The Kier molecular flexibility index (Phi) is 4.57. The van der Waals surface area contributed by atoms with Gasteiger partial charge in [0.15, 0.2) is 0 Å². The highest BCUT2D eigenvalue weighted by atomic mass is 79.9. The molecule has 0 heterocycles. The van der Waals surface area contributed by atoms with Crippen LogP contribution in [0.25, 0.3) is 0 Å². The molecule has 0 radical (unpaired) electrons. The van der Waals surface area contributed by atoms with Gasteiger partial charge in [0.1, 0.15) is 0 Å². The molecule has 1 aromatic rings. The van der Waals surface area contributed by atoms with Crippen molar-refractivity contribution in [2.45, 2.75) is 13.0 Å². The largest absolute Gasteiger partial charge is 0.394 e. The minimum Gasteiger partial charge on any atom is -0.394 e. The van der Waals surface area contributed by atoms with Crippen LogP contribution in [0.2, 0.25) is 5.02 Å². The van der Waals surface area contributed by atoms with Crippen molar-refractivity contribution in [1.29, 1.82) is 0 Å². The van der Waals surface area contributed by atoms with Crippen molar-refractivity contribution in [2.75, 3.05) is 6.61 Å². The van der Waals surface area contributed by atoms with Gasteiger partial charge in [0.05, 0.1) is 6.61 Å². The molecule has 15 heavy (non-hydrogen) atoms. The van der Waals surface area contributed by atoms with Gasteiger partial charge >= 0.3 is 0 Å². The standard InChI is InChI=1S/C10H11BrClNO2/c1-6(5-14)13-10(15)7-2-8(11)4-9(12)3-7/h2-4,6,14H,5H2,1H3,(H,13,15)/t6-/m1/s1. The number of hydrogen-bond donors (Lipinski definition) is 2. The molecule has 1 atom stereocenters. The van der Waals surface area contributed by atoms with Crippen molar-refractivity contribution >= 4 is 33.4 Å². The van der Waals surface area contributed by atoms with E-state index in [2.05, 4.69) is 21.2 Å². The summed E-state index contributed by atoms with van der Waals surface area (Å²) in [5, 5.41) is 11.9. The van der Waals surface area contributed by atoms with Gasteiger partial charge in [-0.1, -0.05) is 27.5 Å². The summed E-state index contributed by atoms with van der Waals surface area (Å²) in [4.78, 5) is 11.6. The Morgan fingerprint density at radius 3 is 2.80 bits per heavy atom. The van der Waals surface area contributed by atoms with Crippen LogP contribution in [0.4, 0.5) is 0 Å². The number of rotatable bonds is 3. The molecule has 0 unspecified atom stereocenters. The third-order valence-corrected chi connectivity index (χ3v) is 2.45. The van der Waals surface area contributed by atoms with Crippen molar-refractivity contribution in [1.82, 2.24) is 5.32 Å². The predicted octanol–water partition coefficient (Wildman–Crippen LogP) is 2.21. The van der Waals surface area contributed by atoms with Crippen LogP contribution < -0.4 is 5.32 Å². The second-order valence-electron chi connectivity index (χ2n) is 3.22. The molecule has 5 heteroatoms. The highest BCUT2D eigenvalue weighted by Crippen LogP contribution is 2.19. The molecular formula is C10H11BrClNO2. The molecule has 0 saturated heterocycles. The van der Waals surface area contributed by atoms with E-state index >= 15 is 0 Å². The molecule has 0 aliphatic rings. The van der Waals surface area contributed by atoms with Crippen molar-refractivity contribution in [3.05, 3.63) is 33.3 Å². The summed E-state index contributed by atoms with van der Waals surface area (Å²) in [6.45, 7) is 1.63. The molecule has 1 aromatic carbocycles. The lowest BCUT2D eigenvalue weighted by atomic mass is 10.2. The zero-order chi connectivity index (χ0) is 11.4. The summed E-state index contributed by atoms with van der Waals surface area (Å²) < 4.78 is 0.747. The predicted molar refractivity (Wildman–Crippen MR) is 63.2 cm³/mol. The molecule has 0 aliphatic carbocycles. The van der Waals surface area contributed by atoms with Crippen LogP contribution >= 0.6 is 27.5 Å². The van der Waals surface area contributed by atoms with E-state index in [1.807, 2.05) is 0 Å². The lowest BCUT2D eigenvalue weighted by molar-refractivity contribution is 0.0922. The summed E-state index contributed by atoms with van der Waals surface area (Å²) >= 11 is 9.06. The Balaban J connectivity index is 2.82. The smallest absolute Gasteiger partial charge is 0.251 e. The first-order chi connectivity index (χ1) is 7.02.